The molecule has 0 aliphatic heterocycles. The van der Waals surface area contributed by atoms with Gasteiger partial charge in [0.15, 0.2) is 5.82 Å². The highest BCUT2D eigenvalue weighted by atomic mass is 79.9. The zero-order valence-electron chi connectivity index (χ0n) is 9.41. The van der Waals surface area contributed by atoms with E-state index in [0.717, 1.165) is 0 Å². The number of aromatic nitrogens is 3. The molecule has 0 fully saturated rings. The van der Waals surface area contributed by atoms with Crippen molar-refractivity contribution in [1.29, 1.82) is 0 Å². The molecule has 2 heterocycles. The van der Waals surface area contributed by atoms with Crippen LogP contribution in [0.1, 0.15) is 5.69 Å². The Bertz CT molecular complexity index is 613. The molecule has 0 aliphatic rings. The highest BCUT2D eigenvalue weighted by molar-refractivity contribution is 9.10. The van der Waals surface area contributed by atoms with Gasteiger partial charge in [0.25, 0.3) is 5.56 Å². The van der Waals surface area contributed by atoms with E-state index in [-0.39, 0.29) is 12.2 Å². The molecule has 18 heavy (non-hydrogen) atoms. The molecule has 7 heteroatoms. The highest BCUT2D eigenvalue weighted by Gasteiger charge is 2.10. The van der Waals surface area contributed by atoms with Crippen LogP contribution in [0.3, 0.4) is 0 Å². The molecular formula is C11H9BrClN3O2. The van der Waals surface area contributed by atoms with Crippen LogP contribution in [-0.2, 0) is 11.3 Å². The van der Waals surface area contributed by atoms with Crippen molar-refractivity contribution in [2.45, 2.75) is 6.61 Å². The van der Waals surface area contributed by atoms with Crippen LogP contribution < -0.4 is 5.56 Å². The summed E-state index contributed by atoms with van der Waals surface area (Å²) in [4.78, 5) is 22.7. The summed E-state index contributed by atoms with van der Waals surface area (Å²) >= 11 is 8.93. The van der Waals surface area contributed by atoms with Crippen molar-refractivity contribution in [3.63, 3.8) is 0 Å². The first-order valence-corrected chi connectivity index (χ1v) is 6.18. The Morgan fingerprint density at radius 3 is 2.89 bits per heavy atom. The molecule has 2 aromatic heterocycles. The third kappa shape index (κ3) is 2.77. The monoisotopic (exact) mass is 329 g/mol. The van der Waals surface area contributed by atoms with Crippen molar-refractivity contribution >= 4 is 27.5 Å². The van der Waals surface area contributed by atoms with E-state index in [2.05, 4.69) is 30.9 Å². The van der Waals surface area contributed by atoms with E-state index in [9.17, 15) is 4.79 Å². The molecule has 2 aromatic rings. The molecule has 0 aromatic carbocycles. The molecule has 2 rings (SSSR count). The number of pyridine rings is 1. The summed E-state index contributed by atoms with van der Waals surface area (Å²) in [6, 6.07) is 3.37. The largest absolute Gasteiger partial charge is 0.378 e. The SMILES string of the molecule is COCc1nc(-c2ccc(Cl)cn2)[nH]c(=O)c1Br. The van der Waals surface area contributed by atoms with Crippen LogP contribution in [0.25, 0.3) is 11.5 Å². The van der Waals surface area contributed by atoms with Gasteiger partial charge in [0.05, 0.1) is 17.3 Å². The summed E-state index contributed by atoms with van der Waals surface area (Å²) in [5.74, 6) is 0.381. The topological polar surface area (TPSA) is 67.9 Å². The molecule has 0 bridgehead atoms. The number of hydrogen-bond acceptors (Lipinski definition) is 4. The van der Waals surface area contributed by atoms with Gasteiger partial charge < -0.3 is 9.72 Å². The minimum absolute atomic E-state index is 0.241. The van der Waals surface area contributed by atoms with E-state index < -0.39 is 0 Å². The lowest BCUT2D eigenvalue weighted by Gasteiger charge is -2.05. The number of nitrogens with zero attached hydrogens (tertiary/aromatic N) is 2. The molecule has 0 saturated carbocycles. The predicted octanol–water partition coefficient (Wildman–Crippen LogP) is 2.39. The van der Waals surface area contributed by atoms with Gasteiger partial charge in [-0.1, -0.05) is 11.6 Å². The quantitative estimate of drug-likeness (QED) is 0.938. The van der Waals surface area contributed by atoms with Gasteiger partial charge in [0.1, 0.15) is 10.2 Å². The summed E-state index contributed by atoms with van der Waals surface area (Å²) in [5, 5.41) is 0.523. The molecule has 0 saturated heterocycles. The smallest absolute Gasteiger partial charge is 0.265 e. The Balaban J connectivity index is 2.51. The number of nitrogens with one attached hydrogen (secondary N) is 1. The van der Waals surface area contributed by atoms with Crippen molar-refractivity contribution in [3.05, 3.63) is 43.9 Å². The Morgan fingerprint density at radius 1 is 1.50 bits per heavy atom. The number of aromatic amines is 1. The highest BCUT2D eigenvalue weighted by Crippen LogP contribution is 2.17. The van der Waals surface area contributed by atoms with Crippen LogP contribution in [-0.4, -0.2) is 22.1 Å². The van der Waals surface area contributed by atoms with Gasteiger partial charge in [-0.05, 0) is 28.1 Å². The zero-order chi connectivity index (χ0) is 13.1. The van der Waals surface area contributed by atoms with E-state index in [1.807, 2.05) is 0 Å². The lowest BCUT2D eigenvalue weighted by molar-refractivity contribution is 0.180. The Morgan fingerprint density at radius 2 is 2.28 bits per heavy atom. The van der Waals surface area contributed by atoms with Crippen LogP contribution in [0, 0.1) is 0 Å². The standard InChI is InChI=1S/C11H9BrClN3O2/c1-18-5-8-9(12)11(17)16-10(15-8)7-3-2-6(13)4-14-7/h2-4H,5H2,1H3,(H,15,16,17). The molecule has 0 radical (unpaired) electrons. The van der Waals surface area contributed by atoms with Gasteiger partial charge in [0, 0.05) is 13.3 Å². The lowest BCUT2D eigenvalue weighted by atomic mass is 10.3. The molecular weight excluding hydrogens is 321 g/mol. The van der Waals surface area contributed by atoms with Crippen LogP contribution in [0.2, 0.25) is 5.02 Å². The van der Waals surface area contributed by atoms with E-state index in [1.165, 1.54) is 13.3 Å². The first-order valence-electron chi connectivity index (χ1n) is 5.01. The Labute approximate surface area is 116 Å². The number of rotatable bonds is 3. The fourth-order valence-electron chi connectivity index (χ4n) is 1.38. The third-order valence-corrected chi connectivity index (χ3v) is 3.22. The van der Waals surface area contributed by atoms with Gasteiger partial charge in [-0.2, -0.15) is 0 Å². The normalized spacial score (nSPS) is 10.6. The van der Waals surface area contributed by atoms with Gasteiger partial charge >= 0.3 is 0 Å². The maximum atomic E-state index is 11.7. The van der Waals surface area contributed by atoms with Crippen LogP contribution >= 0.6 is 27.5 Å². The van der Waals surface area contributed by atoms with Crippen molar-refractivity contribution in [2.24, 2.45) is 0 Å². The first kappa shape index (κ1) is 13.2. The van der Waals surface area contributed by atoms with E-state index in [4.69, 9.17) is 16.3 Å². The zero-order valence-corrected chi connectivity index (χ0v) is 11.7. The van der Waals surface area contributed by atoms with Gasteiger partial charge in [-0.3, -0.25) is 9.78 Å². The average Bonchev–Trinajstić information content (AvgIpc) is 2.36. The minimum Gasteiger partial charge on any atom is -0.378 e. The summed E-state index contributed by atoms with van der Waals surface area (Å²) in [6.45, 7) is 0.241. The van der Waals surface area contributed by atoms with Crippen molar-refractivity contribution in [3.8, 4) is 11.5 Å². The number of halogens is 2. The summed E-state index contributed by atoms with van der Waals surface area (Å²) in [7, 11) is 1.54. The molecule has 1 N–H and O–H groups in total. The number of hydrogen-bond donors (Lipinski definition) is 1. The number of methoxy groups -OCH3 is 1. The minimum atomic E-state index is -0.274. The van der Waals surface area contributed by atoms with Gasteiger partial charge in [-0.15, -0.1) is 0 Å². The van der Waals surface area contributed by atoms with Crippen molar-refractivity contribution in [1.82, 2.24) is 15.0 Å². The molecule has 94 valence electrons. The average molecular weight is 331 g/mol. The molecule has 0 spiro atoms. The first-order chi connectivity index (χ1) is 8.61. The lowest BCUT2D eigenvalue weighted by Crippen LogP contribution is -2.14. The number of H-pyrrole nitrogens is 1. The second-order valence-corrected chi connectivity index (χ2v) is 4.70. The Kier molecular flexibility index (Phi) is 4.11. The fourth-order valence-corrected chi connectivity index (χ4v) is 1.79. The van der Waals surface area contributed by atoms with E-state index in [0.29, 0.717) is 26.7 Å². The molecule has 0 aliphatic carbocycles. The van der Waals surface area contributed by atoms with Gasteiger partial charge in [-0.25, -0.2) is 4.98 Å². The molecule has 0 unspecified atom stereocenters. The molecule has 0 atom stereocenters. The number of ether oxygens (including phenoxy) is 1. The second-order valence-electron chi connectivity index (χ2n) is 3.47. The van der Waals surface area contributed by atoms with E-state index in [1.54, 1.807) is 12.1 Å². The molecule has 5 nitrogen and oxygen atoms in total. The Hall–Kier alpha value is -1.24. The van der Waals surface area contributed by atoms with Crippen LogP contribution in [0.5, 0.6) is 0 Å². The van der Waals surface area contributed by atoms with Gasteiger partial charge in [0.2, 0.25) is 0 Å². The summed E-state index contributed by atoms with van der Waals surface area (Å²) in [5.41, 5.74) is 0.790. The van der Waals surface area contributed by atoms with Crippen LogP contribution in [0.15, 0.2) is 27.6 Å². The molecule has 0 amide bonds. The summed E-state index contributed by atoms with van der Waals surface area (Å²) in [6.07, 6.45) is 1.49. The maximum absolute atomic E-state index is 11.7. The van der Waals surface area contributed by atoms with Crippen LogP contribution in [0.4, 0.5) is 0 Å². The van der Waals surface area contributed by atoms with E-state index >= 15 is 0 Å². The third-order valence-electron chi connectivity index (χ3n) is 2.18. The van der Waals surface area contributed by atoms with Crippen molar-refractivity contribution < 1.29 is 4.74 Å². The van der Waals surface area contributed by atoms with Crippen molar-refractivity contribution in [2.75, 3.05) is 7.11 Å². The maximum Gasteiger partial charge on any atom is 0.265 e. The predicted molar refractivity (Wildman–Crippen MR) is 71.5 cm³/mol. The second kappa shape index (κ2) is 5.60. The fraction of sp³-hybridized carbons (Fsp3) is 0.182. The summed E-state index contributed by atoms with van der Waals surface area (Å²) < 4.78 is 5.35.